The molecule has 130 valence electrons. The van der Waals surface area contributed by atoms with Crippen LogP contribution in [0.4, 0.5) is 0 Å². The average Bonchev–Trinajstić information content (AvgIpc) is 2.57. The summed E-state index contributed by atoms with van der Waals surface area (Å²) >= 11 is 0. The number of methoxy groups -OCH3 is 2. The number of ether oxygens (including phenoxy) is 2. The summed E-state index contributed by atoms with van der Waals surface area (Å²) in [7, 11) is 4.19. The minimum Gasteiger partial charge on any atom is -0.360 e. The van der Waals surface area contributed by atoms with E-state index in [-0.39, 0.29) is 5.91 Å². The van der Waals surface area contributed by atoms with Crippen molar-refractivity contribution in [3.8, 4) is 0 Å². The second-order valence-corrected chi connectivity index (χ2v) is 7.20. The summed E-state index contributed by atoms with van der Waals surface area (Å²) in [5.74, 6) is -0.00285. The Hall–Kier alpha value is 0.0169. The molecule has 6 heteroatoms. The predicted octanol–water partition coefficient (Wildman–Crippen LogP) is 1.03. The van der Waals surface area contributed by atoms with Crippen LogP contribution in [0.2, 0.25) is 6.04 Å². The Kier molecular flexibility index (Phi) is 11.3. The first-order valence-corrected chi connectivity index (χ1v) is 9.97. The summed E-state index contributed by atoms with van der Waals surface area (Å²) in [6, 6.07) is 1.20. The van der Waals surface area contributed by atoms with E-state index >= 15 is 0 Å². The van der Waals surface area contributed by atoms with Crippen molar-refractivity contribution in [2.75, 3.05) is 73.1 Å². The molecule has 0 atom stereocenters. The number of rotatable bonds is 12. The lowest BCUT2D eigenvalue weighted by molar-refractivity contribution is -0.0441. The van der Waals surface area contributed by atoms with Gasteiger partial charge in [0.1, 0.15) is 15.4 Å². The molecular formula is C16H35N3O2Si. The normalized spacial score (nSPS) is 17.7. The average molecular weight is 330 g/mol. The van der Waals surface area contributed by atoms with E-state index in [0.29, 0.717) is 0 Å². The SMILES string of the molecule is CCN(CC)CCN1CCN(CCC[Si]C(OC)OC)CC1. The van der Waals surface area contributed by atoms with Gasteiger partial charge >= 0.3 is 0 Å². The van der Waals surface area contributed by atoms with Crippen LogP contribution >= 0.6 is 0 Å². The molecule has 1 fully saturated rings. The first-order valence-electron chi connectivity index (χ1n) is 8.69. The van der Waals surface area contributed by atoms with Crippen molar-refractivity contribution in [2.24, 2.45) is 0 Å². The highest BCUT2D eigenvalue weighted by Gasteiger charge is 2.17. The van der Waals surface area contributed by atoms with Gasteiger partial charge in [-0.15, -0.1) is 0 Å². The lowest BCUT2D eigenvalue weighted by Crippen LogP contribution is -2.48. The van der Waals surface area contributed by atoms with Gasteiger partial charge in [-0.3, -0.25) is 4.90 Å². The molecule has 0 aromatic rings. The van der Waals surface area contributed by atoms with E-state index in [0.717, 1.165) is 9.52 Å². The van der Waals surface area contributed by atoms with Gasteiger partial charge in [0.15, 0.2) is 0 Å². The molecule has 0 unspecified atom stereocenters. The van der Waals surface area contributed by atoms with Gasteiger partial charge < -0.3 is 19.3 Å². The molecule has 0 aromatic heterocycles. The van der Waals surface area contributed by atoms with Crippen LogP contribution in [0.3, 0.4) is 0 Å². The van der Waals surface area contributed by atoms with Crippen molar-refractivity contribution in [1.29, 1.82) is 0 Å². The fourth-order valence-electron chi connectivity index (χ4n) is 2.84. The van der Waals surface area contributed by atoms with Crippen molar-refractivity contribution in [3.05, 3.63) is 0 Å². The predicted molar refractivity (Wildman–Crippen MR) is 93.7 cm³/mol. The van der Waals surface area contributed by atoms with Gasteiger partial charge in [0.05, 0.1) is 0 Å². The molecule has 0 aromatic carbocycles. The Labute approximate surface area is 139 Å². The van der Waals surface area contributed by atoms with Crippen molar-refractivity contribution >= 4 is 9.52 Å². The zero-order valence-corrected chi connectivity index (χ0v) is 16.0. The molecule has 0 aliphatic carbocycles. The van der Waals surface area contributed by atoms with Crippen LogP contribution in [0.5, 0.6) is 0 Å². The summed E-state index contributed by atoms with van der Waals surface area (Å²) in [6.45, 7) is 15.4. The molecule has 1 aliphatic rings. The van der Waals surface area contributed by atoms with Gasteiger partial charge in [-0.05, 0) is 26.1 Å². The fourth-order valence-corrected chi connectivity index (χ4v) is 3.78. The minimum absolute atomic E-state index is 0.00285. The number of piperazine rings is 1. The van der Waals surface area contributed by atoms with E-state index in [9.17, 15) is 0 Å². The third-order valence-electron chi connectivity index (χ3n) is 4.48. The van der Waals surface area contributed by atoms with E-state index < -0.39 is 0 Å². The van der Waals surface area contributed by atoms with Crippen molar-refractivity contribution in [2.45, 2.75) is 32.2 Å². The third kappa shape index (κ3) is 8.03. The molecule has 1 aliphatic heterocycles. The maximum atomic E-state index is 5.24. The van der Waals surface area contributed by atoms with E-state index in [4.69, 9.17) is 9.47 Å². The molecular weight excluding hydrogens is 294 g/mol. The van der Waals surface area contributed by atoms with Crippen molar-refractivity contribution in [3.63, 3.8) is 0 Å². The number of nitrogens with zero attached hydrogens (tertiary/aromatic N) is 3. The Morgan fingerprint density at radius 2 is 1.50 bits per heavy atom. The Balaban J connectivity index is 2.05. The van der Waals surface area contributed by atoms with Crippen LogP contribution in [0.15, 0.2) is 0 Å². The molecule has 1 saturated heterocycles. The first-order chi connectivity index (χ1) is 10.7. The van der Waals surface area contributed by atoms with Crippen molar-refractivity contribution < 1.29 is 9.47 Å². The molecule has 0 bridgehead atoms. The minimum atomic E-state index is -0.00285. The van der Waals surface area contributed by atoms with Gasteiger partial charge in [-0.25, -0.2) is 0 Å². The second-order valence-electron chi connectivity index (χ2n) is 5.82. The largest absolute Gasteiger partial charge is 0.360 e. The number of hydrogen-bond acceptors (Lipinski definition) is 5. The molecule has 1 rings (SSSR count). The molecule has 0 amide bonds. The summed E-state index contributed by atoms with van der Waals surface area (Å²) in [6.07, 6.45) is 1.25. The molecule has 22 heavy (non-hydrogen) atoms. The Morgan fingerprint density at radius 1 is 0.955 bits per heavy atom. The summed E-state index contributed by atoms with van der Waals surface area (Å²) in [5.41, 5.74) is 0. The molecule has 0 spiro atoms. The highest BCUT2D eigenvalue weighted by atomic mass is 28.2. The highest BCUT2D eigenvalue weighted by Crippen LogP contribution is 2.05. The molecule has 1 heterocycles. The van der Waals surface area contributed by atoms with Gasteiger partial charge in [-0.2, -0.15) is 0 Å². The highest BCUT2D eigenvalue weighted by molar-refractivity contribution is 6.36. The van der Waals surface area contributed by atoms with Gasteiger partial charge in [-0.1, -0.05) is 19.9 Å². The maximum absolute atomic E-state index is 5.24. The van der Waals surface area contributed by atoms with E-state index in [2.05, 4.69) is 28.5 Å². The van der Waals surface area contributed by atoms with E-state index in [1.54, 1.807) is 14.2 Å². The fraction of sp³-hybridized carbons (Fsp3) is 1.00. The van der Waals surface area contributed by atoms with Crippen LogP contribution < -0.4 is 0 Å². The van der Waals surface area contributed by atoms with Crippen LogP contribution in [-0.2, 0) is 9.47 Å². The van der Waals surface area contributed by atoms with Crippen LogP contribution in [0.1, 0.15) is 20.3 Å². The molecule has 0 N–H and O–H groups in total. The zero-order chi connectivity index (χ0) is 16.2. The third-order valence-corrected chi connectivity index (χ3v) is 5.93. The number of likely N-dealkylation sites (N-methyl/N-ethyl adjacent to an activating group) is 1. The van der Waals surface area contributed by atoms with Gasteiger partial charge in [0, 0.05) is 53.5 Å². The van der Waals surface area contributed by atoms with Crippen LogP contribution in [-0.4, -0.2) is 103 Å². The molecule has 2 radical (unpaired) electrons. The molecule has 0 saturated carbocycles. The monoisotopic (exact) mass is 329 g/mol. The number of hydrogen-bond donors (Lipinski definition) is 0. The zero-order valence-electron chi connectivity index (χ0n) is 15.0. The Bertz CT molecular complexity index is 256. The van der Waals surface area contributed by atoms with Crippen molar-refractivity contribution in [1.82, 2.24) is 14.7 Å². The topological polar surface area (TPSA) is 28.2 Å². The van der Waals surface area contributed by atoms with E-state index in [1.165, 1.54) is 71.4 Å². The summed E-state index contributed by atoms with van der Waals surface area (Å²) in [4.78, 5) is 7.73. The summed E-state index contributed by atoms with van der Waals surface area (Å²) in [5, 5.41) is 0. The quantitative estimate of drug-likeness (QED) is 0.303. The van der Waals surface area contributed by atoms with Crippen LogP contribution in [0, 0.1) is 0 Å². The lowest BCUT2D eigenvalue weighted by Gasteiger charge is -2.35. The Morgan fingerprint density at radius 3 is 2.00 bits per heavy atom. The maximum Gasteiger partial charge on any atom is 0.136 e. The van der Waals surface area contributed by atoms with Gasteiger partial charge in [0.25, 0.3) is 0 Å². The lowest BCUT2D eigenvalue weighted by atomic mass is 10.3. The second kappa shape index (κ2) is 12.4. The van der Waals surface area contributed by atoms with Crippen LogP contribution in [0.25, 0.3) is 0 Å². The van der Waals surface area contributed by atoms with E-state index in [1.807, 2.05) is 0 Å². The standard InChI is InChI=1S/C16H35N3O2Si/c1-5-17(6-2)9-10-19-13-11-18(12-14-19)8-7-15-22-16(20-3)21-4/h16H,5-15H2,1-4H3. The first kappa shape index (κ1) is 20.1. The smallest absolute Gasteiger partial charge is 0.136 e. The van der Waals surface area contributed by atoms with Gasteiger partial charge in [0.2, 0.25) is 0 Å². The summed E-state index contributed by atoms with van der Waals surface area (Å²) < 4.78 is 10.5. The molecule has 5 nitrogen and oxygen atoms in total.